The molecule has 1 atom stereocenters. The fourth-order valence-electron chi connectivity index (χ4n) is 5.05. The average Bonchev–Trinajstić information content (AvgIpc) is 3.89. The van der Waals surface area contributed by atoms with E-state index in [9.17, 15) is 9.59 Å². The van der Waals surface area contributed by atoms with Gasteiger partial charge in [0.2, 0.25) is 0 Å². The molecule has 0 bridgehead atoms. The van der Waals surface area contributed by atoms with Crippen LogP contribution in [-0.4, -0.2) is 31.3 Å². The molecule has 0 saturated carbocycles. The van der Waals surface area contributed by atoms with Crippen molar-refractivity contribution in [2.24, 2.45) is 0 Å². The van der Waals surface area contributed by atoms with E-state index < -0.39 is 11.9 Å². The highest BCUT2D eigenvalue weighted by Crippen LogP contribution is 2.27. The summed E-state index contributed by atoms with van der Waals surface area (Å²) < 4.78 is 22.2. The van der Waals surface area contributed by atoms with Gasteiger partial charge in [0.15, 0.2) is 0 Å². The predicted octanol–water partition coefficient (Wildman–Crippen LogP) is 8.18. The molecule has 1 saturated heterocycles. The normalized spacial score (nSPS) is 13.9. The third-order valence-electron chi connectivity index (χ3n) is 7.58. The smallest absolute Gasteiger partial charge is 0.343 e. The number of hydrogen-bond donors (Lipinski definition) is 0. The highest BCUT2D eigenvalue weighted by Gasteiger charge is 2.23. The zero-order valence-corrected chi connectivity index (χ0v) is 24.0. The first-order chi connectivity index (χ1) is 21.5. The first-order valence-corrected chi connectivity index (χ1v) is 14.4. The maximum Gasteiger partial charge on any atom is 0.343 e. The van der Waals surface area contributed by atoms with Gasteiger partial charge in [0.25, 0.3) is 0 Å². The summed E-state index contributed by atoms with van der Waals surface area (Å²) in [6.07, 6.45) is 0.195. The Labute approximate surface area is 254 Å². The molecular formula is C38H28O6. The number of carbonyl (C=O) groups excluding carboxylic acids is 2. The van der Waals surface area contributed by atoms with Crippen LogP contribution in [0.4, 0.5) is 0 Å². The van der Waals surface area contributed by atoms with Gasteiger partial charge in [-0.1, -0.05) is 66.2 Å². The van der Waals surface area contributed by atoms with Crippen molar-refractivity contribution in [3.63, 3.8) is 0 Å². The van der Waals surface area contributed by atoms with E-state index in [4.69, 9.17) is 18.9 Å². The summed E-state index contributed by atoms with van der Waals surface area (Å²) in [5.74, 6) is 0.839. The average molecular weight is 581 g/mol. The van der Waals surface area contributed by atoms with E-state index in [0.717, 1.165) is 45.0 Å². The molecule has 0 aliphatic carbocycles. The van der Waals surface area contributed by atoms with Crippen LogP contribution in [-0.2, 0) is 4.74 Å². The Kier molecular flexibility index (Phi) is 7.26. The number of epoxide rings is 1. The molecule has 1 aliphatic heterocycles. The van der Waals surface area contributed by atoms with Crippen LogP contribution in [0.1, 0.15) is 26.3 Å². The molecule has 0 radical (unpaired) electrons. The van der Waals surface area contributed by atoms with Crippen LogP contribution in [0.15, 0.2) is 121 Å². The van der Waals surface area contributed by atoms with Crippen molar-refractivity contribution >= 4 is 33.5 Å². The molecule has 6 aromatic rings. The van der Waals surface area contributed by atoms with E-state index >= 15 is 0 Å². The van der Waals surface area contributed by atoms with E-state index in [0.29, 0.717) is 29.2 Å². The summed E-state index contributed by atoms with van der Waals surface area (Å²) in [4.78, 5) is 25.6. The Morgan fingerprint density at radius 2 is 1.05 bits per heavy atom. The van der Waals surface area contributed by atoms with E-state index in [1.54, 1.807) is 36.4 Å². The number of esters is 2. The maximum absolute atomic E-state index is 12.9. The summed E-state index contributed by atoms with van der Waals surface area (Å²) in [6.45, 7) is 3.34. The first-order valence-electron chi connectivity index (χ1n) is 14.4. The Bertz CT molecular complexity index is 2010. The van der Waals surface area contributed by atoms with Crippen LogP contribution in [0.5, 0.6) is 17.2 Å². The van der Waals surface area contributed by atoms with Crippen molar-refractivity contribution < 1.29 is 28.5 Å². The van der Waals surface area contributed by atoms with Gasteiger partial charge in [-0.15, -0.1) is 0 Å². The second kappa shape index (κ2) is 11.7. The van der Waals surface area contributed by atoms with Crippen LogP contribution in [0, 0.1) is 6.92 Å². The van der Waals surface area contributed by atoms with Gasteiger partial charge in [-0.25, -0.2) is 9.59 Å². The molecule has 0 amide bonds. The largest absolute Gasteiger partial charge is 0.491 e. The van der Waals surface area contributed by atoms with Crippen LogP contribution < -0.4 is 14.2 Å². The minimum atomic E-state index is -0.432. The van der Waals surface area contributed by atoms with E-state index in [2.05, 4.69) is 6.07 Å². The predicted molar refractivity (Wildman–Crippen MR) is 170 cm³/mol. The molecule has 44 heavy (non-hydrogen) atoms. The zero-order chi connectivity index (χ0) is 30.0. The van der Waals surface area contributed by atoms with E-state index in [-0.39, 0.29) is 6.10 Å². The van der Waals surface area contributed by atoms with E-state index in [1.807, 2.05) is 85.8 Å². The lowest BCUT2D eigenvalue weighted by molar-refractivity contribution is 0.0725. The summed E-state index contributed by atoms with van der Waals surface area (Å²) >= 11 is 0. The minimum absolute atomic E-state index is 0.195. The van der Waals surface area contributed by atoms with Gasteiger partial charge in [-0.2, -0.15) is 0 Å². The lowest BCUT2D eigenvalue weighted by Gasteiger charge is -2.09. The molecule has 0 spiro atoms. The Balaban J connectivity index is 0.971. The van der Waals surface area contributed by atoms with Crippen LogP contribution in [0.3, 0.4) is 0 Å². The molecule has 1 fully saturated rings. The van der Waals surface area contributed by atoms with Gasteiger partial charge in [-0.3, -0.25) is 0 Å². The molecule has 7 rings (SSSR count). The molecule has 1 aliphatic rings. The number of aryl methyl sites for hydroxylation is 1. The summed E-state index contributed by atoms with van der Waals surface area (Å²) in [5, 5.41) is 3.98. The number of fused-ring (bicyclic) bond motifs is 2. The van der Waals surface area contributed by atoms with Crippen molar-refractivity contribution in [2.45, 2.75) is 13.0 Å². The highest BCUT2D eigenvalue weighted by atomic mass is 16.6. The second-order valence-corrected chi connectivity index (χ2v) is 10.9. The van der Waals surface area contributed by atoms with Crippen molar-refractivity contribution in [3.05, 3.63) is 138 Å². The molecule has 0 aromatic heterocycles. The number of carbonyl (C=O) groups is 2. The van der Waals surface area contributed by atoms with Crippen molar-refractivity contribution in [1.29, 1.82) is 0 Å². The minimum Gasteiger partial charge on any atom is -0.491 e. The SMILES string of the molecule is Cc1ccc2cc(C(=O)Oc3ccc(-c4ccc(OC(=O)c5ccc6cc(OCC7CO7)ccc6c5)cc4)cc3)ccc2c1. The zero-order valence-electron chi connectivity index (χ0n) is 24.0. The molecular weight excluding hydrogens is 552 g/mol. The van der Waals surface area contributed by atoms with Gasteiger partial charge in [0.1, 0.15) is 30.0 Å². The highest BCUT2D eigenvalue weighted by molar-refractivity contribution is 5.97. The number of ether oxygens (including phenoxy) is 4. The van der Waals surface area contributed by atoms with Gasteiger partial charge in [0.05, 0.1) is 17.7 Å². The Morgan fingerprint density at radius 3 is 1.59 bits per heavy atom. The fourth-order valence-corrected chi connectivity index (χ4v) is 5.05. The Hall–Kier alpha value is -5.46. The van der Waals surface area contributed by atoms with Gasteiger partial charge < -0.3 is 18.9 Å². The molecule has 6 heteroatoms. The number of benzene rings is 6. The van der Waals surface area contributed by atoms with Crippen LogP contribution in [0.2, 0.25) is 0 Å². The molecule has 0 N–H and O–H groups in total. The van der Waals surface area contributed by atoms with E-state index in [1.165, 1.54) is 5.56 Å². The quantitative estimate of drug-likeness (QED) is 0.103. The van der Waals surface area contributed by atoms with Crippen LogP contribution >= 0.6 is 0 Å². The van der Waals surface area contributed by atoms with Gasteiger partial charge in [0, 0.05) is 0 Å². The third-order valence-corrected chi connectivity index (χ3v) is 7.58. The molecule has 216 valence electrons. The second-order valence-electron chi connectivity index (χ2n) is 10.9. The number of rotatable bonds is 8. The first kappa shape index (κ1) is 27.4. The van der Waals surface area contributed by atoms with Gasteiger partial charge >= 0.3 is 11.9 Å². The molecule has 1 unspecified atom stereocenters. The number of hydrogen-bond acceptors (Lipinski definition) is 6. The lowest BCUT2D eigenvalue weighted by Crippen LogP contribution is -2.08. The summed E-state index contributed by atoms with van der Waals surface area (Å²) in [7, 11) is 0. The Morgan fingerprint density at radius 1 is 0.591 bits per heavy atom. The van der Waals surface area contributed by atoms with Crippen molar-refractivity contribution in [2.75, 3.05) is 13.2 Å². The standard InChI is InChI=1S/C38H28O6/c1-24-2-3-28-19-31(6-4-27(28)18-24)37(39)43-33-13-8-25(9-14-33)26-10-15-34(16-11-26)44-38(40)32-7-5-30-21-35(17-12-29(30)20-32)41-22-36-23-42-36/h2-21,36H,22-23H2,1H3. The van der Waals surface area contributed by atoms with Crippen LogP contribution in [0.25, 0.3) is 32.7 Å². The third kappa shape index (κ3) is 6.16. The fraction of sp³-hybridized carbons (Fsp3) is 0.105. The molecule has 1 heterocycles. The summed E-state index contributed by atoms with van der Waals surface area (Å²) in [5.41, 5.74) is 4.00. The topological polar surface area (TPSA) is 74.4 Å². The van der Waals surface area contributed by atoms with Crippen molar-refractivity contribution in [3.8, 4) is 28.4 Å². The lowest BCUT2D eigenvalue weighted by atomic mass is 10.0. The van der Waals surface area contributed by atoms with Crippen molar-refractivity contribution in [1.82, 2.24) is 0 Å². The maximum atomic E-state index is 12.9. The summed E-state index contributed by atoms with van der Waals surface area (Å²) in [6, 6.07) is 37.5. The van der Waals surface area contributed by atoms with Gasteiger partial charge in [-0.05, 0) is 100 Å². The monoisotopic (exact) mass is 580 g/mol. The molecule has 6 aromatic carbocycles. The molecule has 6 nitrogen and oxygen atoms in total.